The number of thioether (sulfide) groups is 1. The summed E-state index contributed by atoms with van der Waals surface area (Å²) in [5.41, 5.74) is 4.08. The van der Waals surface area contributed by atoms with Crippen molar-refractivity contribution in [3.8, 4) is 22.9 Å². The third-order valence-electron chi connectivity index (χ3n) is 5.54. The van der Waals surface area contributed by atoms with Crippen molar-refractivity contribution in [2.45, 2.75) is 30.7 Å². The first-order valence-corrected chi connectivity index (χ1v) is 11.7. The molecule has 2 aromatic heterocycles. The van der Waals surface area contributed by atoms with Crippen molar-refractivity contribution in [3.05, 3.63) is 66.1 Å². The number of benzene rings is 2. The van der Waals surface area contributed by atoms with E-state index in [2.05, 4.69) is 55.8 Å². The molecule has 1 aliphatic heterocycles. The van der Waals surface area contributed by atoms with E-state index in [4.69, 9.17) is 9.15 Å². The van der Waals surface area contributed by atoms with Crippen molar-refractivity contribution in [1.29, 1.82) is 0 Å². The molecule has 0 atom stereocenters. The monoisotopic (exact) mass is 447 g/mol. The van der Waals surface area contributed by atoms with Crippen LogP contribution in [0.3, 0.4) is 0 Å². The molecule has 7 nitrogen and oxygen atoms in total. The van der Waals surface area contributed by atoms with Crippen LogP contribution >= 0.6 is 11.8 Å². The summed E-state index contributed by atoms with van der Waals surface area (Å²) in [6, 6.07) is 16.2. The molecule has 1 saturated heterocycles. The zero-order valence-electron chi connectivity index (χ0n) is 18.2. The summed E-state index contributed by atoms with van der Waals surface area (Å²) in [5.74, 6) is 2.96. The van der Waals surface area contributed by atoms with Crippen LogP contribution in [0.15, 0.2) is 64.4 Å². The van der Waals surface area contributed by atoms with Crippen LogP contribution in [0.25, 0.3) is 17.1 Å². The first kappa shape index (κ1) is 20.6. The number of hydrogen-bond donors (Lipinski definition) is 0. The highest BCUT2D eigenvalue weighted by Gasteiger charge is 2.22. The fourth-order valence-corrected chi connectivity index (χ4v) is 4.60. The first-order chi connectivity index (χ1) is 15.7. The predicted octanol–water partition coefficient (Wildman–Crippen LogP) is 5.13. The maximum absolute atomic E-state index is 5.71. The van der Waals surface area contributed by atoms with E-state index in [0.717, 1.165) is 46.9 Å². The van der Waals surface area contributed by atoms with Crippen molar-refractivity contribution >= 4 is 17.7 Å². The van der Waals surface area contributed by atoms with Crippen LogP contribution in [0.5, 0.6) is 5.75 Å². The van der Waals surface area contributed by atoms with Crippen molar-refractivity contribution in [2.24, 2.45) is 0 Å². The number of oxazole rings is 1. The Morgan fingerprint density at radius 3 is 2.47 bits per heavy atom. The molecule has 0 bridgehead atoms. The molecule has 0 unspecified atom stereocenters. The average Bonchev–Trinajstić information content (AvgIpc) is 3.59. The molecule has 3 heterocycles. The van der Waals surface area contributed by atoms with Crippen LogP contribution < -0.4 is 9.64 Å². The Morgan fingerprint density at radius 1 is 1.00 bits per heavy atom. The van der Waals surface area contributed by atoms with Crippen molar-refractivity contribution in [1.82, 2.24) is 19.7 Å². The van der Waals surface area contributed by atoms with Gasteiger partial charge in [0.15, 0.2) is 5.16 Å². The van der Waals surface area contributed by atoms with Crippen molar-refractivity contribution in [2.75, 3.05) is 25.1 Å². The van der Waals surface area contributed by atoms with Gasteiger partial charge >= 0.3 is 0 Å². The molecule has 0 radical (unpaired) electrons. The highest BCUT2D eigenvalue weighted by atomic mass is 32.2. The van der Waals surface area contributed by atoms with Gasteiger partial charge in [0.25, 0.3) is 0 Å². The number of hydrogen-bond acceptors (Lipinski definition) is 7. The minimum absolute atomic E-state index is 0.598. The molecule has 5 rings (SSSR count). The van der Waals surface area contributed by atoms with Gasteiger partial charge in [-0.25, -0.2) is 4.98 Å². The van der Waals surface area contributed by atoms with E-state index in [-0.39, 0.29) is 0 Å². The van der Waals surface area contributed by atoms with Crippen LogP contribution in [-0.4, -0.2) is 39.9 Å². The molecule has 0 amide bonds. The second kappa shape index (κ2) is 9.08. The molecule has 4 aromatic rings. The Balaban J connectivity index is 1.37. The van der Waals surface area contributed by atoms with Crippen molar-refractivity contribution < 1.29 is 9.15 Å². The van der Waals surface area contributed by atoms with Gasteiger partial charge in [0.1, 0.15) is 12.0 Å². The van der Waals surface area contributed by atoms with Crippen LogP contribution in [0.4, 0.5) is 5.95 Å². The summed E-state index contributed by atoms with van der Waals surface area (Å²) >= 11 is 1.61. The van der Waals surface area contributed by atoms with Crippen molar-refractivity contribution in [3.63, 3.8) is 0 Å². The number of anilines is 1. The summed E-state index contributed by atoms with van der Waals surface area (Å²) < 4.78 is 13.1. The lowest BCUT2D eigenvalue weighted by Crippen LogP contribution is -2.22. The SMILES string of the molecule is COc1ccc(-c2nc(CSc3nnc(N4CCCC4)n3-c3ccc(C)cc3)co2)cc1. The Hall–Kier alpha value is -3.26. The van der Waals surface area contributed by atoms with E-state index in [1.165, 1.54) is 18.4 Å². The molecule has 2 aromatic carbocycles. The summed E-state index contributed by atoms with van der Waals surface area (Å²) in [7, 11) is 1.65. The summed E-state index contributed by atoms with van der Waals surface area (Å²) in [4.78, 5) is 6.97. The van der Waals surface area contributed by atoms with Gasteiger partial charge in [-0.2, -0.15) is 0 Å². The van der Waals surface area contributed by atoms with E-state index in [9.17, 15) is 0 Å². The third kappa shape index (κ3) is 4.23. The zero-order chi connectivity index (χ0) is 21.9. The van der Waals surface area contributed by atoms with Gasteiger partial charge in [-0.05, 0) is 56.2 Å². The van der Waals surface area contributed by atoms with Gasteiger partial charge in [-0.3, -0.25) is 4.57 Å². The molecular weight excluding hydrogens is 422 g/mol. The number of nitrogens with zero attached hydrogens (tertiary/aromatic N) is 5. The van der Waals surface area contributed by atoms with Gasteiger partial charge in [0.2, 0.25) is 11.8 Å². The van der Waals surface area contributed by atoms with Gasteiger partial charge in [0, 0.05) is 24.4 Å². The minimum Gasteiger partial charge on any atom is -0.497 e. The lowest BCUT2D eigenvalue weighted by molar-refractivity contribution is 0.415. The number of aromatic nitrogens is 4. The van der Waals surface area contributed by atoms with Crippen LogP contribution in [-0.2, 0) is 5.75 Å². The predicted molar refractivity (Wildman–Crippen MR) is 126 cm³/mol. The number of rotatable bonds is 7. The van der Waals surface area contributed by atoms with E-state index in [1.54, 1.807) is 25.1 Å². The number of aryl methyl sites for hydroxylation is 1. The normalized spacial score (nSPS) is 13.6. The molecule has 0 saturated carbocycles. The maximum Gasteiger partial charge on any atom is 0.232 e. The highest BCUT2D eigenvalue weighted by molar-refractivity contribution is 7.98. The van der Waals surface area contributed by atoms with Gasteiger partial charge < -0.3 is 14.1 Å². The minimum atomic E-state index is 0.598. The number of methoxy groups -OCH3 is 1. The maximum atomic E-state index is 5.71. The topological polar surface area (TPSA) is 69.2 Å². The standard InChI is InChI=1S/C24H25N5O2S/c1-17-5-9-20(10-6-17)29-23(28-13-3-4-14-28)26-27-24(29)32-16-19-15-31-22(25-19)18-7-11-21(30-2)12-8-18/h5-12,15H,3-4,13-14,16H2,1-2H3. The van der Waals surface area contributed by atoms with E-state index < -0.39 is 0 Å². The zero-order valence-corrected chi connectivity index (χ0v) is 19.0. The second-order valence-corrected chi connectivity index (χ2v) is 8.75. The fourth-order valence-electron chi connectivity index (χ4n) is 3.78. The van der Waals surface area contributed by atoms with Crippen LogP contribution in [0.1, 0.15) is 24.1 Å². The lowest BCUT2D eigenvalue weighted by Gasteiger charge is -2.18. The molecular formula is C24H25N5O2S. The third-order valence-corrected chi connectivity index (χ3v) is 6.50. The molecule has 32 heavy (non-hydrogen) atoms. The Labute approximate surface area is 191 Å². The largest absolute Gasteiger partial charge is 0.497 e. The lowest BCUT2D eigenvalue weighted by atomic mass is 10.2. The van der Waals surface area contributed by atoms with Crippen LogP contribution in [0.2, 0.25) is 0 Å². The average molecular weight is 448 g/mol. The van der Waals surface area contributed by atoms with E-state index in [1.807, 2.05) is 24.3 Å². The molecule has 0 N–H and O–H groups in total. The number of ether oxygens (including phenoxy) is 1. The van der Waals surface area contributed by atoms with Gasteiger partial charge in [-0.1, -0.05) is 29.5 Å². The first-order valence-electron chi connectivity index (χ1n) is 10.7. The Kier molecular flexibility index (Phi) is 5.85. The molecule has 1 fully saturated rings. The van der Waals surface area contributed by atoms with Gasteiger partial charge in [-0.15, -0.1) is 10.2 Å². The quantitative estimate of drug-likeness (QED) is 0.364. The smallest absolute Gasteiger partial charge is 0.232 e. The van der Waals surface area contributed by atoms with E-state index in [0.29, 0.717) is 11.6 Å². The summed E-state index contributed by atoms with van der Waals surface area (Å²) in [5, 5.41) is 9.91. The second-order valence-electron chi connectivity index (χ2n) is 7.81. The van der Waals surface area contributed by atoms with E-state index >= 15 is 0 Å². The molecule has 0 spiro atoms. The molecule has 8 heteroatoms. The van der Waals surface area contributed by atoms with Crippen LogP contribution in [0, 0.1) is 6.92 Å². The summed E-state index contributed by atoms with van der Waals surface area (Å²) in [6.07, 6.45) is 4.09. The summed E-state index contributed by atoms with van der Waals surface area (Å²) in [6.45, 7) is 4.13. The Bertz CT molecular complexity index is 1180. The molecule has 164 valence electrons. The molecule has 0 aliphatic carbocycles. The van der Waals surface area contributed by atoms with Gasteiger partial charge in [0.05, 0.1) is 18.5 Å². The highest BCUT2D eigenvalue weighted by Crippen LogP contribution is 2.31. The Morgan fingerprint density at radius 2 is 1.75 bits per heavy atom. The fraction of sp³-hybridized carbons (Fsp3) is 0.292. The molecule has 1 aliphatic rings.